The van der Waals surface area contributed by atoms with Crippen molar-refractivity contribution in [2.24, 2.45) is 5.92 Å². The molecule has 1 aliphatic rings. The van der Waals surface area contributed by atoms with Gasteiger partial charge in [0.1, 0.15) is 6.04 Å². The molecule has 1 fully saturated rings. The second-order valence-electron chi connectivity index (χ2n) is 5.30. The van der Waals surface area contributed by atoms with E-state index in [0.29, 0.717) is 24.0 Å². The zero-order valence-corrected chi connectivity index (χ0v) is 12.5. The molecule has 5 heteroatoms. The van der Waals surface area contributed by atoms with Crippen molar-refractivity contribution in [1.82, 2.24) is 10.2 Å². The van der Waals surface area contributed by atoms with Crippen molar-refractivity contribution < 1.29 is 9.59 Å². The number of nitrogens with one attached hydrogen (secondary N) is 1. The number of amides is 2. The molecule has 0 spiro atoms. The van der Waals surface area contributed by atoms with E-state index in [0.717, 1.165) is 6.42 Å². The standard InChI is InChI=1S/C13H24N2O2S/c1-5-10(4)14-13(17)11-7-18-8-15(11)12(16)6-9(2)3/h9-11H,5-8H2,1-4H3,(H,14,17). The molecule has 104 valence electrons. The van der Waals surface area contributed by atoms with Crippen LogP contribution in [0.25, 0.3) is 0 Å². The highest BCUT2D eigenvalue weighted by molar-refractivity contribution is 7.99. The molecule has 0 bridgehead atoms. The average Bonchev–Trinajstić information content (AvgIpc) is 2.76. The Morgan fingerprint density at radius 2 is 2.06 bits per heavy atom. The quantitative estimate of drug-likeness (QED) is 0.831. The summed E-state index contributed by atoms with van der Waals surface area (Å²) in [6.07, 6.45) is 1.43. The molecule has 1 N–H and O–H groups in total. The maximum Gasteiger partial charge on any atom is 0.243 e. The Labute approximate surface area is 114 Å². The van der Waals surface area contributed by atoms with Crippen LogP contribution in [0.3, 0.4) is 0 Å². The van der Waals surface area contributed by atoms with Crippen molar-refractivity contribution in [3.05, 3.63) is 0 Å². The number of carbonyl (C=O) groups is 2. The summed E-state index contributed by atoms with van der Waals surface area (Å²) < 4.78 is 0. The van der Waals surface area contributed by atoms with E-state index in [1.165, 1.54) is 0 Å². The van der Waals surface area contributed by atoms with E-state index in [1.807, 2.05) is 27.7 Å². The van der Waals surface area contributed by atoms with Gasteiger partial charge in [-0.3, -0.25) is 9.59 Å². The van der Waals surface area contributed by atoms with Crippen LogP contribution in [0.2, 0.25) is 0 Å². The summed E-state index contributed by atoms with van der Waals surface area (Å²) >= 11 is 1.65. The lowest BCUT2D eigenvalue weighted by Gasteiger charge is -2.25. The normalized spacial score (nSPS) is 21.2. The molecule has 1 aliphatic heterocycles. The third-order valence-corrected chi connectivity index (χ3v) is 4.10. The van der Waals surface area contributed by atoms with Crippen LogP contribution in [0, 0.1) is 5.92 Å². The van der Waals surface area contributed by atoms with Gasteiger partial charge in [0.2, 0.25) is 11.8 Å². The molecule has 18 heavy (non-hydrogen) atoms. The van der Waals surface area contributed by atoms with Gasteiger partial charge < -0.3 is 10.2 Å². The summed E-state index contributed by atoms with van der Waals surface area (Å²) in [7, 11) is 0. The van der Waals surface area contributed by atoms with Gasteiger partial charge in [-0.2, -0.15) is 0 Å². The molecule has 0 aromatic carbocycles. The van der Waals surface area contributed by atoms with Crippen LogP contribution in [0.5, 0.6) is 0 Å². The third kappa shape index (κ3) is 4.19. The minimum absolute atomic E-state index is 0.00791. The molecule has 2 unspecified atom stereocenters. The van der Waals surface area contributed by atoms with Gasteiger partial charge in [0.25, 0.3) is 0 Å². The first-order valence-electron chi connectivity index (χ1n) is 6.63. The first-order valence-corrected chi connectivity index (χ1v) is 7.78. The Kier molecular flexibility index (Phi) is 5.99. The predicted octanol–water partition coefficient (Wildman–Crippen LogP) is 1.85. The van der Waals surface area contributed by atoms with Crippen molar-refractivity contribution in [1.29, 1.82) is 0 Å². The van der Waals surface area contributed by atoms with Crippen LogP contribution in [-0.2, 0) is 9.59 Å². The summed E-state index contributed by atoms with van der Waals surface area (Å²) in [4.78, 5) is 25.9. The van der Waals surface area contributed by atoms with Crippen LogP contribution in [0.1, 0.15) is 40.5 Å². The fourth-order valence-corrected chi connectivity index (χ4v) is 2.99. The molecule has 0 radical (unpaired) electrons. The smallest absolute Gasteiger partial charge is 0.243 e. The van der Waals surface area contributed by atoms with Crippen LogP contribution in [-0.4, -0.2) is 40.4 Å². The molecule has 1 heterocycles. The largest absolute Gasteiger partial charge is 0.352 e. The molecule has 0 aromatic rings. The molecule has 2 amide bonds. The number of carbonyl (C=O) groups excluding carboxylic acids is 2. The van der Waals surface area contributed by atoms with Gasteiger partial charge in [0.05, 0.1) is 5.88 Å². The number of nitrogens with zero attached hydrogens (tertiary/aromatic N) is 1. The highest BCUT2D eigenvalue weighted by Gasteiger charge is 2.34. The monoisotopic (exact) mass is 272 g/mol. The summed E-state index contributed by atoms with van der Waals surface area (Å²) in [5, 5.41) is 2.96. The lowest BCUT2D eigenvalue weighted by Crippen LogP contribution is -2.49. The molecule has 0 saturated carbocycles. The van der Waals surface area contributed by atoms with Crippen molar-refractivity contribution in [2.45, 2.75) is 52.6 Å². The lowest BCUT2D eigenvalue weighted by atomic mass is 10.1. The van der Waals surface area contributed by atoms with Gasteiger partial charge in [-0.1, -0.05) is 20.8 Å². The highest BCUT2D eigenvalue weighted by Crippen LogP contribution is 2.23. The SMILES string of the molecule is CCC(C)NC(=O)C1CSCN1C(=O)CC(C)C. The fourth-order valence-electron chi connectivity index (χ4n) is 1.81. The number of hydrogen-bond acceptors (Lipinski definition) is 3. The minimum Gasteiger partial charge on any atom is -0.352 e. The van der Waals surface area contributed by atoms with E-state index in [1.54, 1.807) is 16.7 Å². The van der Waals surface area contributed by atoms with Crippen LogP contribution in [0.15, 0.2) is 0 Å². The fraction of sp³-hybridized carbons (Fsp3) is 0.846. The van der Waals surface area contributed by atoms with Crippen LogP contribution >= 0.6 is 11.8 Å². The molecule has 4 nitrogen and oxygen atoms in total. The number of rotatable bonds is 5. The summed E-state index contributed by atoms with van der Waals surface area (Å²) in [5.74, 6) is 1.78. The molecule has 1 rings (SSSR count). The highest BCUT2D eigenvalue weighted by atomic mass is 32.2. The molecule has 0 aromatic heterocycles. The van der Waals surface area contributed by atoms with E-state index >= 15 is 0 Å². The summed E-state index contributed by atoms with van der Waals surface area (Å²) in [6, 6.07) is -0.111. The topological polar surface area (TPSA) is 49.4 Å². The Morgan fingerprint density at radius 3 is 2.61 bits per heavy atom. The van der Waals surface area contributed by atoms with E-state index in [9.17, 15) is 9.59 Å². The van der Waals surface area contributed by atoms with Gasteiger partial charge in [-0.15, -0.1) is 11.8 Å². The zero-order valence-electron chi connectivity index (χ0n) is 11.7. The summed E-state index contributed by atoms with van der Waals surface area (Å²) in [5.41, 5.74) is 0. The van der Waals surface area contributed by atoms with E-state index < -0.39 is 0 Å². The number of thioether (sulfide) groups is 1. The Hall–Kier alpha value is -0.710. The Balaban J connectivity index is 2.58. The molecular formula is C13H24N2O2S. The van der Waals surface area contributed by atoms with Gasteiger partial charge in [0.15, 0.2) is 0 Å². The first kappa shape index (κ1) is 15.3. The van der Waals surface area contributed by atoms with Gasteiger partial charge in [-0.25, -0.2) is 0 Å². The van der Waals surface area contributed by atoms with Gasteiger partial charge in [0, 0.05) is 18.2 Å². The zero-order chi connectivity index (χ0) is 13.7. The minimum atomic E-state index is -0.282. The molecule has 0 aliphatic carbocycles. The third-order valence-electron chi connectivity index (χ3n) is 3.09. The molecular weight excluding hydrogens is 248 g/mol. The Morgan fingerprint density at radius 1 is 1.39 bits per heavy atom. The van der Waals surface area contributed by atoms with Crippen molar-refractivity contribution >= 4 is 23.6 Å². The predicted molar refractivity (Wildman–Crippen MR) is 75.3 cm³/mol. The van der Waals surface area contributed by atoms with Crippen molar-refractivity contribution in [3.63, 3.8) is 0 Å². The van der Waals surface area contributed by atoms with Gasteiger partial charge >= 0.3 is 0 Å². The second kappa shape index (κ2) is 7.02. The van der Waals surface area contributed by atoms with E-state index in [4.69, 9.17) is 0 Å². The lowest BCUT2D eigenvalue weighted by molar-refractivity contribution is -0.138. The van der Waals surface area contributed by atoms with E-state index in [-0.39, 0.29) is 23.9 Å². The second-order valence-corrected chi connectivity index (χ2v) is 6.29. The van der Waals surface area contributed by atoms with Crippen LogP contribution < -0.4 is 5.32 Å². The maximum absolute atomic E-state index is 12.1. The Bertz CT molecular complexity index is 307. The maximum atomic E-state index is 12.1. The summed E-state index contributed by atoms with van der Waals surface area (Å²) in [6.45, 7) is 8.07. The molecule has 1 saturated heterocycles. The van der Waals surface area contributed by atoms with E-state index in [2.05, 4.69) is 5.32 Å². The average molecular weight is 272 g/mol. The first-order chi connectivity index (χ1) is 8.45. The number of hydrogen-bond donors (Lipinski definition) is 1. The van der Waals surface area contributed by atoms with Crippen LogP contribution in [0.4, 0.5) is 0 Å². The molecule has 2 atom stereocenters. The van der Waals surface area contributed by atoms with Crippen molar-refractivity contribution in [2.75, 3.05) is 11.6 Å². The van der Waals surface area contributed by atoms with Crippen molar-refractivity contribution in [3.8, 4) is 0 Å². The van der Waals surface area contributed by atoms with Gasteiger partial charge in [-0.05, 0) is 19.3 Å².